The Labute approximate surface area is 188 Å². The van der Waals surface area contributed by atoms with Gasteiger partial charge in [0.05, 0.1) is 0 Å². The van der Waals surface area contributed by atoms with Gasteiger partial charge in [0.1, 0.15) is 0 Å². The third-order valence-corrected chi connectivity index (χ3v) is 8.08. The summed E-state index contributed by atoms with van der Waals surface area (Å²) in [5.41, 5.74) is 5.32. The molecule has 0 saturated carbocycles. The Balaban J connectivity index is 0.000000418. The summed E-state index contributed by atoms with van der Waals surface area (Å²) in [4.78, 5) is 0. The van der Waals surface area contributed by atoms with Gasteiger partial charge in [0.25, 0.3) is 0 Å². The van der Waals surface area contributed by atoms with E-state index in [4.69, 9.17) is 23.4 Å². The quantitative estimate of drug-likeness (QED) is 0.338. The number of hydrogen-bond donors (Lipinski definition) is 0. The fourth-order valence-corrected chi connectivity index (χ4v) is 6.58. The summed E-state index contributed by atoms with van der Waals surface area (Å²) >= 11 is 0.266. The van der Waals surface area contributed by atoms with E-state index >= 15 is 0 Å². The summed E-state index contributed by atoms with van der Waals surface area (Å²) < 4.78 is 44.2. The van der Waals surface area contributed by atoms with Gasteiger partial charge in [-0.15, -0.1) is 10.2 Å². The van der Waals surface area contributed by atoms with E-state index < -0.39 is 10.2 Å². The van der Waals surface area contributed by atoms with E-state index in [-0.39, 0.29) is 20.3 Å². The normalized spacial score (nSPS) is 14.8. The molecule has 6 nitrogen and oxygen atoms in total. The molecule has 0 bridgehead atoms. The zero-order valence-corrected chi connectivity index (χ0v) is 20.1. The van der Waals surface area contributed by atoms with Crippen LogP contribution in [0.3, 0.4) is 0 Å². The second kappa shape index (κ2) is 7.87. The van der Waals surface area contributed by atoms with Crippen LogP contribution in [0.5, 0.6) is 5.88 Å². The van der Waals surface area contributed by atoms with Crippen molar-refractivity contribution in [2.24, 2.45) is 0 Å². The molecular weight excluding hydrogens is 485 g/mol. The first kappa shape index (κ1) is 22.2. The maximum Gasteiger partial charge on any atom is -0.112 e. The van der Waals surface area contributed by atoms with Crippen LogP contribution in [0.2, 0.25) is 0 Å². The molecule has 8 heteroatoms. The van der Waals surface area contributed by atoms with E-state index in [0.29, 0.717) is 0 Å². The van der Waals surface area contributed by atoms with Gasteiger partial charge in [0.2, 0.25) is 0 Å². The van der Waals surface area contributed by atoms with Gasteiger partial charge in [0, 0.05) is 0 Å². The van der Waals surface area contributed by atoms with Gasteiger partial charge < -0.3 is 0 Å². The van der Waals surface area contributed by atoms with Crippen LogP contribution in [-0.4, -0.2) is 21.3 Å². The minimum absolute atomic E-state index is 0.0698. The standard InChI is InChI=1S/C23H22NOSe.ClHO4/c1-14-9-15(2)11-17(10-14)20-18-8-6-5-7-16(18)12-19-21(20)22-24(26-19)23(3,4)13-25-22;2-1(3,4)5/h5-12H,13H2,1-4H3;(H,2,3,4,5)/q+1;/p-1. The van der Waals surface area contributed by atoms with E-state index in [9.17, 15) is 0 Å². The Morgan fingerprint density at radius 3 is 2.23 bits per heavy atom. The van der Waals surface area contributed by atoms with Crippen molar-refractivity contribution in [1.82, 2.24) is 0 Å². The van der Waals surface area contributed by atoms with Gasteiger partial charge in [-0.1, -0.05) is 0 Å². The van der Waals surface area contributed by atoms with Crippen LogP contribution in [0.25, 0.3) is 31.5 Å². The van der Waals surface area contributed by atoms with Gasteiger partial charge in [-0.3, -0.25) is 0 Å². The van der Waals surface area contributed by atoms with Crippen LogP contribution in [0, 0.1) is 24.1 Å². The van der Waals surface area contributed by atoms with Crippen molar-refractivity contribution in [3.63, 3.8) is 0 Å². The second-order valence-electron chi connectivity index (χ2n) is 8.39. The molecule has 31 heavy (non-hydrogen) atoms. The first-order chi connectivity index (χ1) is 14.4. The van der Waals surface area contributed by atoms with Gasteiger partial charge in [-0.2, -0.15) is 0 Å². The van der Waals surface area contributed by atoms with Crippen molar-refractivity contribution in [3.05, 3.63) is 59.7 Å². The zero-order valence-electron chi connectivity index (χ0n) is 17.6. The Morgan fingerprint density at radius 2 is 1.58 bits per heavy atom. The Kier molecular flexibility index (Phi) is 5.65. The number of halogens is 1. The minimum Gasteiger partial charge on any atom is -0.222 e. The van der Waals surface area contributed by atoms with Crippen LogP contribution in [0.15, 0.2) is 48.5 Å². The average molecular weight is 507 g/mol. The summed E-state index contributed by atoms with van der Waals surface area (Å²) in [7, 11) is -4.94. The molecule has 1 aliphatic rings. The monoisotopic (exact) mass is 507 g/mol. The first-order valence-electron chi connectivity index (χ1n) is 9.68. The third kappa shape index (κ3) is 4.49. The fourth-order valence-electron chi connectivity index (χ4n) is 4.10. The molecular formula is C23H22ClNO5Se. The summed E-state index contributed by atoms with van der Waals surface area (Å²) in [5.74, 6) is 1.09. The molecule has 162 valence electrons. The van der Waals surface area contributed by atoms with Crippen molar-refractivity contribution in [2.45, 2.75) is 33.2 Å². The largest absolute Gasteiger partial charge is 0.222 e. The topological polar surface area (TPSA) is 105 Å². The SMILES string of the molecule is Cc1cc(C)cc(-c2c3ccccc3cc3[se][n+]4c(c23)OCC4(C)C)c1.[O-][Cl+3]([O-])([O-])[O-]. The van der Waals surface area contributed by atoms with Gasteiger partial charge in [0.15, 0.2) is 0 Å². The maximum absolute atomic E-state index is 8.49. The van der Waals surface area contributed by atoms with Crippen molar-refractivity contribution in [2.75, 3.05) is 6.61 Å². The molecule has 0 saturated heterocycles. The molecule has 0 unspecified atom stereocenters. The molecule has 0 aliphatic carbocycles. The zero-order chi connectivity index (χ0) is 22.6. The second-order valence-corrected chi connectivity index (χ2v) is 11.2. The smallest absolute Gasteiger partial charge is 0.112 e. The molecule has 0 N–H and O–H groups in total. The van der Waals surface area contributed by atoms with E-state index in [1.165, 1.54) is 42.7 Å². The molecule has 0 fully saturated rings. The van der Waals surface area contributed by atoms with E-state index in [1.54, 1.807) is 0 Å². The number of ether oxygens (including phenoxy) is 1. The number of aryl methyl sites for hydroxylation is 2. The number of rotatable bonds is 1. The average Bonchev–Trinajstić information content (AvgIpc) is 3.14. The van der Waals surface area contributed by atoms with E-state index in [1.807, 2.05) is 0 Å². The van der Waals surface area contributed by atoms with Gasteiger partial charge in [-0.25, -0.2) is 18.6 Å². The maximum atomic E-state index is 8.49. The van der Waals surface area contributed by atoms with Crippen LogP contribution in [-0.2, 0) is 5.54 Å². The van der Waals surface area contributed by atoms with Crippen LogP contribution < -0.4 is 26.9 Å². The van der Waals surface area contributed by atoms with Crippen LogP contribution in [0.1, 0.15) is 25.0 Å². The minimum atomic E-state index is -4.94. The number of nitrogens with zero attached hydrogens (tertiary/aromatic N) is 1. The predicted octanol–water partition coefficient (Wildman–Crippen LogP) is -0.00716. The summed E-state index contributed by atoms with van der Waals surface area (Å²) in [6.45, 7) is 9.69. The summed E-state index contributed by atoms with van der Waals surface area (Å²) in [6.07, 6.45) is 0. The summed E-state index contributed by atoms with van der Waals surface area (Å²) in [6, 6.07) is 18.0. The Hall–Kier alpha value is -1.96. The Morgan fingerprint density at radius 1 is 0.968 bits per heavy atom. The van der Waals surface area contributed by atoms with Crippen molar-refractivity contribution in [1.29, 1.82) is 0 Å². The molecule has 5 rings (SSSR count). The molecule has 0 amide bonds. The molecule has 1 aliphatic heterocycles. The predicted molar refractivity (Wildman–Crippen MR) is 108 cm³/mol. The van der Waals surface area contributed by atoms with Gasteiger partial charge in [-0.05, 0) is 0 Å². The molecule has 1 aromatic heterocycles. The van der Waals surface area contributed by atoms with Crippen LogP contribution >= 0.6 is 0 Å². The first-order valence-corrected chi connectivity index (χ1v) is 12.5. The van der Waals surface area contributed by atoms with Crippen LogP contribution in [0.4, 0.5) is 0 Å². The molecule has 0 atom stereocenters. The fraction of sp³-hybridized carbons (Fsp3) is 0.261. The molecule has 0 spiro atoms. The van der Waals surface area contributed by atoms with E-state index in [2.05, 4.69) is 79.8 Å². The van der Waals surface area contributed by atoms with Crippen molar-refractivity contribution < 1.29 is 37.2 Å². The van der Waals surface area contributed by atoms with Crippen molar-refractivity contribution in [3.8, 4) is 17.0 Å². The molecule has 0 radical (unpaired) electrons. The number of aromatic nitrogens is 1. The van der Waals surface area contributed by atoms with Crippen molar-refractivity contribution >= 4 is 35.2 Å². The number of hydrogen-bond acceptors (Lipinski definition) is 5. The van der Waals surface area contributed by atoms with E-state index in [0.717, 1.165) is 12.5 Å². The third-order valence-electron chi connectivity index (χ3n) is 5.22. The van der Waals surface area contributed by atoms with Gasteiger partial charge >= 0.3 is 160 Å². The molecule has 2 heterocycles. The summed E-state index contributed by atoms with van der Waals surface area (Å²) in [5, 5.41) is 3.95. The molecule has 4 aromatic rings. The number of benzene rings is 3. The molecule has 3 aromatic carbocycles. The number of fused-ring (bicyclic) bond motifs is 4. The Bertz CT molecular complexity index is 1270.